The fraction of sp³-hybridized carbons (Fsp3) is 0.667. The summed E-state index contributed by atoms with van der Waals surface area (Å²) in [4.78, 5) is 14.7. The van der Waals surface area contributed by atoms with Crippen molar-refractivity contribution in [2.24, 2.45) is 0 Å². The fourth-order valence-electron chi connectivity index (χ4n) is 2.30. The number of thiophene rings is 1. The minimum absolute atomic E-state index is 0.0181. The zero-order chi connectivity index (χ0) is 15.1. The summed E-state index contributed by atoms with van der Waals surface area (Å²) in [6, 6.07) is 3.08. The predicted molar refractivity (Wildman–Crippen MR) is 87.3 cm³/mol. The van der Waals surface area contributed by atoms with E-state index in [1.165, 1.54) is 11.8 Å². The van der Waals surface area contributed by atoms with Crippen LogP contribution in [-0.4, -0.2) is 36.0 Å². The Balaban J connectivity index is 2.37. The van der Waals surface area contributed by atoms with Crippen molar-refractivity contribution < 1.29 is 4.79 Å². The highest BCUT2D eigenvalue weighted by Gasteiger charge is 2.12. The SMILES string of the molecule is CC(=O)Nc1ccsc1CNCCN(C(C)C)C(C)C. The monoisotopic (exact) mass is 297 g/mol. The summed E-state index contributed by atoms with van der Waals surface area (Å²) < 4.78 is 0. The standard InChI is InChI=1S/C15H27N3OS/c1-11(2)18(12(3)4)8-7-16-10-15-14(6-9-20-15)17-13(5)19/h6,9,11-12,16H,7-8,10H2,1-5H3,(H,17,19). The van der Waals surface area contributed by atoms with Gasteiger partial charge in [0.25, 0.3) is 0 Å². The molecule has 0 aliphatic carbocycles. The highest BCUT2D eigenvalue weighted by molar-refractivity contribution is 7.10. The Morgan fingerprint density at radius 1 is 1.30 bits per heavy atom. The van der Waals surface area contributed by atoms with Crippen molar-refractivity contribution in [2.75, 3.05) is 18.4 Å². The molecule has 0 radical (unpaired) electrons. The molecule has 1 aromatic rings. The second kappa shape index (κ2) is 8.39. The first-order chi connectivity index (χ1) is 9.41. The third kappa shape index (κ3) is 5.61. The number of hydrogen-bond donors (Lipinski definition) is 2. The molecule has 20 heavy (non-hydrogen) atoms. The molecule has 0 aliphatic rings. The molecule has 1 heterocycles. The molecular formula is C15H27N3OS. The van der Waals surface area contributed by atoms with E-state index in [0.29, 0.717) is 12.1 Å². The van der Waals surface area contributed by atoms with Gasteiger partial charge in [0.2, 0.25) is 5.91 Å². The first-order valence-electron chi connectivity index (χ1n) is 7.22. The van der Waals surface area contributed by atoms with Crippen molar-refractivity contribution in [3.8, 4) is 0 Å². The molecule has 114 valence electrons. The fourth-order valence-corrected chi connectivity index (χ4v) is 3.10. The predicted octanol–water partition coefficient (Wildman–Crippen LogP) is 2.91. The molecule has 0 fully saturated rings. The Morgan fingerprint density at radius 3 is 2.50 bits per heavy atom. The molecule has 4 nitrogen and oxygen atoms in total. The van der Waals surface area contributed by atoms with Crippen LogP contribution in [0, 0.1) is 0 Å². The van der Waals surface area contributed by atoms with Crippen molar-refractivity contribution in [2.45, 2.75) is 53.2 Å². The van der Waals surface area contributed by atoms with E-state index in [9.17, 15) is 4.79 Å². The van der Waals surface area contributed by atoms with Crippen LogP contribution in [0.4, 0.5) is 5.69 Å². The van der Waals surface area contributed by atoms with Gasteiger partial charge in [0, 0.05) is 43.5 Å². The summed E-state index contributed by atoms with van der Waals surface area (Å²) in [6.07, 6.45) is 0. The average Bonchev–Trinajstić information content (AvgIpc) is 2.74. The largest absolute Gasteiger partial charge is 0.325 e. The van der Waals surface area contributed by atoms with E-state index >= 15 is 0 Å². The van der Waals surface area contributed by atoms with Gasteiger partial charge in [0.1, 0.15) is 0 Å². The molecule has 1 aromatic heterocycles. The first-order valence-corrected chi connectivity index (χ1v) is 8.10. The van der Waals surface area contributed by atoms with Crippen molar-refractivity contribution in [1.82, 2.24) is 10.2 Å². The first kappa shape index (κ1) is 17.1. The molecule has 0 aliphatic heterocycles. The van der Waals surface area contributed by atoms with Gasteiger partial charge in [-0.15, -0.1) is 11.3 Å². The van der Waals surface area contributed by atoms with E-state index in [2.05, 4.69) is 43.2 Å². The third-order valence-electron chi connectivity index (χ3n) is 3.22. The van der Waals surface area contributed by atoms with E-state index in [1.807, 2.05) is 11.4 Å². The summed E-state index contributed by atoms with van der Waals surface area (Å²) in [7, 11) is 0. The van der Waals surface area contributed by atoms with Crippen LogP contribution in [0.5, 0.6) is 0 Å². The molecule has 0 bridgehead atoms. The zero-order valence-electron chi connectivity index (χ0n) is 13.2. The maximum atomic E-state index is 11.1. The Kier molecular flexibility index (Phi) is 7.19. The van der Waals surface area contributed by atoms with E-state index in [-0.39, 0.29) is 5.91 Å². The van der Waals surface area contributed by atoms with Gasteiger partial charge in [0.15, 0.2) is 0 Å². The molecule has 1 amide bonds. The Labute approximate surface area is 126 Å². The molecule has 0 spiro atoms. The lowest BCUT2D eigenvalue weighted by Gasteiger charge is -2.30. The Bertz CT molecular complexity index is 407. The van der Waals surface area contributed by atoms with Crippen molar-refractivity contribution in [3.05, 3.63) is 16.3 Å². The number of nitrogens with one attached hydrogen (secondary N) is 2. The minimum Gasteiger partial charge on any atom is -0.325 e. The maximum Gasteiger partial charge on any atom is 0.221 e. The van der Waals surface area contributed by atoms with Crippen LogP contribution in [0.3, 0.4) is 0 Å². The Morgan fingerprint density at radius 2 is 1.95 bits per heavy atom. The van der Waals surface area contributed by atoms with Crippen LogP contribution in [0.1, 0.15) is 39.5 Å². The topological polar surface area (TPSA) is 44.4 Å². The second-order valence-corrected chi connectivity index (χ2v) is 6.54. The smallest absolute Gasteiger partial charge is 0.221 e. The number of carbonyl (C=O) groups excluding carboxylic acids is 1. The summed E-state index contributed by atoms with van der Waals surface area (Å²) in [6.45, 7) is 13.3. The average molecular weight is 297 g/mol. The molecule has 1 rings (SSSR count). The minimum atomic E-state index is -0.0181. The van der Waals surface area contributed by atoms with Gasteiger partial charge >= 0.3 is 0 Å². The highest BCUT2D eigenvalue weighted by atomic mass is 32.1. The summed E-state index contributed by atoms with van der Waals surface area (Å²) in [5.41, 5.74) is 0.930. The van der Waals surface area contributed by atoms with Gasteiger partial charge in [-0.25, -0.2) is 0 Å². The third-order valence-corrected chi connectivity index (χ3v) is 4.14. The number of amides is 1. The molecular weight excluding hydrogens is 270 g/mol. The molecule has 0 saturated heterocycles. The van der Waals surface area contributed by atoms with E-state index in [4.69, 9.17) is 0 Å². The normalized spacial score (nSPS) is 11.6. The lowest BCUT2D eigenvalue weighted by molar-refractivity contribution is -0.114. The number of anilines is 1. The zero-order valence-corrected chi connectivity index (χ0v) is 14.0. The summed E-state index contributed by atoms with van der Waals surface area (Å²) in [5.74, 6) is -0.0181. The molecule has 0 unspecified atom stereocenters. The van der Waals surface area contributed by atoms with Gasteiger partial charge in [0.05, 0.1) is 5.69 Å². The lowest BCUT2D eigenvalue weighted by atomic mass is 10.2. The number of nitrogens with zero attached hydrogens (tertiary/aromatic N) is 1. The van der Waals surface area contributed by atoms with E-state index < -0.39 is 0 Å². The van der Waals surface area contributed by atoms with Crippen molar-refractivity contribution in [1.29, 1.82) is 0 Å². The van der Waals surface area contributed by atoms with Gasteiger partial charge in [-0.3, -0.25) is 9.69 Å². The van der Waals surface area contributed by atoms with Gasteiger partial charge in [-0.05, 0) is 39.1 Å². The quantitative estimate of drug-likeness (QED) is 0.725. The summed E-state index contributed by atoms with van der Waals surface area (Å²) >= 11 is 1.67. The van der Waals surface area contributed by atoms with E-state index in [0.717, 1.165) is 25.3 Å². The summed E-state index contributed by atoms with van der Waals surface area (Å²) in [5, 5.41) is 8.33. The van der Waals surface area contributed by atoms with Gasteiger partial charge in [-0.1, -0.05) is 0 Å². The van der Waals surface area contributed by atoms with Crippen LogP contribution in [0.2, 0.25) is 0 Å². The molecule has 2 N–H and O–H groups in total. The van der Waals surface area contributed by atoms with Crippen LogP contribution < -0.4 is 10.6 Å². The number of hydrogen-bond acceptors (Lipinski definition) is 4. The molecule has 0 aromatic carbocycles. The molecule has 0 atom stereocenters. The van der Waals surface area contributed by atoms with Crippen LogP contribution >= 0.6 is 11.3 Å². The number of rotatable bonds is 8. The maximum absolute atomic E-state index is 11.1. The van der Waals surface area contributed by atoms with E-state index in [1.54, 1.807) is 11.3 Å². The highest BCUT2D eigenvalue weighted by Crippen LogP contribution is 2.21. The number of carbonyl (C=O) groups is 1. The van der Waals surface area contributed by atoms with Crippen molar-refractivity contribution >= 4 is 22.9 Å². The van der Waals surface area contributed by atoms with Crippen molar-refractivity contribution in [3.63, 3.8) is 0 Å². The van der Waals surface area contributed by atoms with Gasteiger partial charge < -0.3 is 10.6 Å². The van der Waals surface area contributed by atoms with Crippen LogP contribution in [0.25, 0.3) is 0 Å². The van der Waals surface area contributed by atoms with Crippen LogP contribution in [0.15, 0.2) is 11.4 Å². The van der Waals surface area contributed by atoms with Gasteiger partial charge in [-0.2, -0.15) is 0 Å². The Hall–Kier alpha value is -0.910. The molecule has 5 heteroatoms. The lowest BCUT2D eigenvalue weighted by Crippen LogP contribution is -2.41. The second-order valence-electron chi connectivity index (χ2n) is 5.54. The van der Waals surface area contributed by atoms with Crippen LogP contribution in [-0.2, 0) is 11.3 Å². The molecule has 0 saturated carbocycles.